The summed E-state index contributed by atoms with van der Waals surface area (Å²) in [6.45, 7) is 1.69. The summed E-state index contributed by atoms with van der Waals surface area (Å²) in [5.41, 5.74) is 3.97. The van der Waals surface area contributed by atoms with Gasteiger partial charge in [-0.1, -0.05) is 0 Å². The van der Waals surface area contributed by atoms with Gasteiger partial charge in [0, 0.05) is 36.6 Å². The predicted octanol–water partition coefficient (Wildman–Crippen LogP) is 3.32. The number of rotatable bonds is 2. The van der Waals surface area contributed by atoms with Crippen LogP contribution in [0.2, 0.25) is 0 Å². The molecule has 24 heavy (non-hydrogen) atoms. The van der Waals surface area contributed by atoms with Crippen LogP contribution in [0.1, 0.15) is 29.6 Å². The van der Waals surface area contributed by atoms with Crippen LogP contribution in [0.15, 0.2) is 48.9 Å². The first-order valence-electron chi connectivity index (χ1n) is 8.28. The lowest BCUT2D eigenvalue weighted by Crippen LogP contribution is -2.35. The lowest BCUT2D eigenvalue weighted by atomic mass is 10.1. The first-order chi connectivity index (χ1) is 11.8. The lowest BCUT2D eigenvalue weighted by molar-refractivity contribution is 0.0724. The molecule has 120 valence electrons. The average molecular weight is 318 g/mol. The van der Waals surface area contributed by atoms with Gasteiger partial charge in [0.2, 0.25) is 0 Å². The van der Waals surface area contributed by atoms with Crippen molar-refractivity contribution < 1.29 is 4.79 Å². The molecule has 1 fully saturated rings. The molecular formula is C19H18N4O. The molecule has 1 aliphatic heterocycles. The number of carbonyl (C=O) groups is 1. The predicted molar refractivity (Wildman–Crippen MR) is 92.5 cm³/mol. The van der Waals surface area contributed by atoms with Crippen LogP contribution in [0.4, 0.5) is 0 Å². The molecule has 0 unspecified atom stereocenters. The summed E-state index contributed by atoms with van der Waals surface area (Å²) in [6.07, 6.45) is 8.61. The Morgan fingerprint density at radius 1 is 0.958 bits per heavy atom. The Morgan fingerprint density at radius 2 is 1.75 bits per heavy atom. The van der Waals surface area contributed by atoms with E-state index in [9.17, 15) is 4.79 Å². The average Bonchev–Trinajstić information content (AvgIpc) is 2.68. The molecule has 0 saturated carbocycles. The molecule has 3 heterocycles. The molecule has 1 aliphatic rings. The molecule has 0 atom stereocenters. The molecule has 3 aromatic rings. The number of fused-ring (bicyclic) bond motifs is 1. The number of carbonyl (C=O) groups excluding carboxylic acids is 1. The maximum Gasteiger partial charge on any atom is 0.253 e. The van der Waals surface area contributed by atoms with Crippen LogP contribution < -0.4 is 0 Å². The Balaban J connectivity index is 1.70. The molecule has 0 spiro atoms. The van der Waals surface area contributed by atoms with Gasteiger partial charge in [-0.25, -0.2) is 4.98 Å². The van der Waals surface area contributed by atoms with Crippen molar-refractivity contribution in [3.8, 4) is 11.3 Å². The minimum atomic E-state index is 0.0905. The van der Waals surface area contributed by atoms with E-state index in [-0.39, 0.29) is 5.91 Å². The Bertz CT molecular complexity index is 873. The van der Waals surface area contributed by atoms with Gasteiger partial charge in [0.05, 0.1) is 22.9 Å². The third-order valence-corrected chi connectivity index (χ3v) is 4.41. The van der Waals surface area contributed by atoms with Crippen LogP contribution in [0, 0.1) is 0 Å². The summed E-state index contributed by atoms with van der Waals surface area (Å²) < 4.78 is 0. The number of amides is 1. The molecule has 5 nitrogen and oxygen atoms in total. The van der Waals surface area contributed by atoms with E-state index >= 15 is 0 Å². The molecule has 1 saturated heterocycles. The first-order valence-corrected chi connectivity index (χ1v) is 8.28. The van der Waals surface area contributed by atoms with Crippen LogP contribution >= 0.6 is 0 Å². The fourth-order valence-electron chi connectivity index (χ4n) is 3.09. The van der Waals surface area contributed by atoms with Crippen molar-refractivity contribution >= 4 is 16.9 Å². The number of hydrogen-bond acceptors (Lipinski definition) is 4. The minimum absolute atomic E-state index is 0.0905. The van der Waals surface area contributed by atoms with Gasteiger partial charge in [-0.2, -0.15) is 0 Å². The summed E-state index contributed by atoms with van der Waals surface area (Å²) in [4.78, 5) is 27.8. The summed E-state index contributed by atoms with van der Waals surface area (Å²) >= 11 is 0. The summed E-state index contributed by atoms with van der Waals surface area (Å²) in [7, 11) is 0. The van der Waals surface area contributed by atoms with E-state index in [4.69, 9.17) is 0 Å². The second-order valence-corrected chi connectivity index (χ2v) is 6.05. The van der Waals surface area contributed by atoms with Crippen molar-refractivity contribution in [2.75, 3.05) is 13.1 Å². The van der Waals surface area contributed by atoms with E-state index in [0.717, 1.165) is 48.2 Å². The molecule has 0 N–H and O–H groups in total. The normalized spacial score (nSPS) is 14.8. The smallest absolute Gasteiger partial charge is 0.253 e. The second kappa shape index (κ2) is 6.35. The zero-order valence-electron chi connectivity index (χ0n) is 13.4. The highest BCUT2D eigenvalue weighted by atomic mass is 16.2. The fraction of sp³-hybridized carbons (Fsp3) is 0.263. The monoisotopic (exact) mass is 318 g/mol. The molecule has 1 amide bonds. The molecular weight excluding hydrogens is 300 g/mol. The zero-order chi connectivity index (χ0) is 16.4. The highest BCUT2D eigenvalue weighted by Crippen LogP contribution is 2.20. The van der Waals surface area contributed by atoms with E-state index < -0.39 is 0 Å². The highest BCUT2D eigenvalue weighted by molar-refractivity contribution is 5.97. The van der Waals surface area contributed by atoms with Crippen LogP contribution in [-0.4, -0.2) is 38.8 Å². The molecule has 0 bridgehead atoms. The largest absolute Gasteiger partial charge is 0.339 e. The van der Waals surface area contributed by atoms with Crippen LogP contribution in [0.25, 0.3) is 22.3 Å². The van der Waals surface area contributed by atoms with Gasteiger partial charge in [-0.3, -0.25) is 14.8 Å². The molecule has 0 aliphatic carbocycles. The molecule has 1 aromatic carbocycles. The number of piperidine rings is 1. The van der Waals surface area contributed by atoms with Crippen molar-refractivity contribution in [2.24, 2.45) is 0 Å². The molecule has 2 aromatic heterocycles. The van der Waals surface area contributed by atoms with Crippen molar-refractivity contribution in [2.45, 2.75) is 19.3 Å². The van der Waals surface area contributed by atoms with Crippen LogP contribution in [0.3, 0.4) is 0 Å². The van der Waals surface area contributed by atoms with Crippen molar-refractivity contribution in [3.05, 3.63) is 54.5 Å². The lowest BCUT2D eigenvalue weighted by Gasteiger charge is -2.26. The van der Waals surface area contributed by atoms with Gasteiger partial charge in [-0.05, 0) is 49.6 Å². The summed E-state index contributed by atoms with van der Waals surface area (Å²) in [5.74, 6) is 0.0905. The Hall–Kier alpha value is -2.82. The van der Waals surface area contributed by atoms with E-state index in [1.165, 1.54) is 6.42 Å². The molecule has 4 rings (SSSR count). The number of aromatic nitrogens is 3. The number of nitrogens with zero attached hydrogens (tertiary/aromatic N) is 4. The third kappa shape index (κ3) is 2.85. The van der Waals surface area contributed by atoms with Crippen LogP contribution in [-0.2, 0) is 0 Å². The van der Waals surface area contributed by atoms with Crippen LogP contribution in [0.5, 0.6) is 0 Å². The molecule has 0 radical (unpaired) electrons. The number of benzene rings is 1. The van der Waals surface area contributed by atoms with Gasteiger partial charge < -0.3 is 4.90 Å². The Labute approximate surface area is 140 Å². The SMILES string of the molecule is O=C(c1ccc2ncc(-c3ccncc3)nc2c1)N1CCCCC1. The van der Waals surface area contributed by atoms with Crippen molar-refractivity contribution in [1.82, 2.24) is 19.9 Å². The maximum absolute atomic E-state index is 12.7. The van der Waals surface area contributed by atoms with Gasteiger partial charge >= 0.3 is 0 Å². The first kappa shape index (κ1) is 14.8. The van der Waals surface area contributed by atoms with E-state index in [1.54, 1.807) is 18.6 Å². The number of hydrogen-bond donors (Lipinski definition) is 0. The fourth-order valence-corrected chi connectivity index (χ4v) is 3.09. The Morgan fingerprint density at radius 3 is 2.54 bits per heavy atom. The van der Waals surface area contributed by atoms with Crippen molar-refractivity contribution in [1.29, 1.82) is 0 Å². The van der Waals surface area contributed by atoms with E-state index in [1.807, 2.05) is 35.2 Å². The number of pyridine rings is 1. The topological polar surface area (TPSA) is 59.0 Å². The number of likely N-dealkylation sites (tertiary alicyclic amines) is 1. The summed E-state index contributed by atoms with van der Waals surface area (Å²) in [6, 6.07) is 9.37. The maximum atomic E-state index is 12.7. The van der Waals surface area contributed by atoms with Gasteiger partial charge in [-0.15, -0.1) is 0 Å². The van der Waals surface area contributed by atoms with E-state index in [0.29, 0.717) is 5.56 Å². The van der Waals surface area contributed by atoms with Crippen molar-refractivity contribution in [3.63, 3.8) is 0 Å². The van der Waals surface area contributed by atoms with E-state index in [2.05, 4.69) is 15.0 Å². The summed E-state index contributed by atoms with van der Waals surface area (Å²) in [5, 5.41) is 0. The highest BCUT2D eigenvalue weighted by Gasteiger charge is 2.18. The van der Waals surface area contributed by atoms with Gasteiger partial charge in [0.15, 0.2) is 0 Å². The minimum Gasteiger partial charge on any atom is -0.339 e. The standard InChI is InChI=1S/C19H18N4O/c24-19(23-10-2-1-3-11-23)15-4-5-16-17(12-15)22-18(13-21-16)14-6-8-20-9-7-14/h4-9,12-13H,1-3,10-11H2. The Kier molecular flexibility index (Phi) is 3.91. The quantitative estimate of drug-likeness (QED) is 0.727. The zero-order valence-corrected chi connectivity index (χ0v) is 13.4. The second-order valence-electron chi connectivity index (χ2n) is 6.05. The third-order valence-electron chi connectivity index (χ3n) is 4.41. The van der Waals surface area contributed by atoms with Gasteiger partial charge in [0.25, 0.3) is 5.91 Å². The molecule has 5 heteroatoms. The van der Waals surface area contributed by atoms with Gasteiger partial charge in [0.1, 0.15) is 0 Å².